The Morgan fingerprint density at radius 2 is 1.94 bits per heavy atom. The Labute approximate surface area is 183 Å². The van der Waals surface area contributed by atoms with Crippen LogP contribution in [0.1, 0.15) is 17.4 Å². The lowest BCUT2D eigenvalue weighted by atomic mass is 10.1. The van der Waals surface area contributed by atoms with Crippen molar-refractivity contribution >= 4 is 17.7 Å². The maximum Gasteiger partial charge on any atom is 0.277 e. The van der Waals surface area contributed by atoms with Gasteiger partial charge >= 0.3 is 0 Å². The number of aryl methyl sites for hydroxylation is 1. The molecule has 1 amide bonds. The molecule has 0 aliphatic heterocycles. The van der Waals surface area contributed by atoms with Gasteiger partial charge < -0.3 is 19.0 Å². The molecule has 2 aromatic carbocycles. The molecular weight excluding hydrogens is 414 g/mol. The highest BCUT2D eigenvalue weighted by molar-refractivity contribution is 7.99. The SMILES string of the molecule is COc1ccccc1-c1nnc(SCC(=O)N[C@H](c2ccccc2)c2nccn2C)o1. The van der Waals surface area contributed by atoms with Crippen molar-refractivity contribution in [1.29, 1.82) is 0 Å². The predicted octanol–water partition coefficient (Wildman–Crippen LogP) is 3.48. The van der Waals surface area contributed by atoms with E-state index in [2.05, 4.69) is 20.5 Å². The van der Waals surface area contributed by atoms with Gasteiger partial charge in [0, 0.05) is 19.4 Å². The standard InChI is InChI=1S/C22H21N5O3S/c1-27-13-12-23-20(27)19(15-8-4-3-5-9-15)24-18(28)14-31-22-26-25-21(30-22)16-10-6-7-11-17(16)29-2/h3-13,19H,14H2,1-2H3,(H,24,28)/t19-/m1/s1. The van der Waals surface area contributed by atoms with Crippen LogP contribution in [0.4, 0.5) is 0 Å². The van der Waals surface area contributed by atoms with Crippen LogP contribution in [0.5, 0.6) is 5.75 Å². The highest BCUT2D eigenvalue weighted by Gasteiger charge is 2.21. The molecule has 8 nitrogen and oxygen atoms in total. The number of ether oxygens (including phenoxy) is 1. The average Bonchev–Trinajstić information content (AvgIpc) is 3.45. The number of hydrogen-bond acceptors (Lipinski definition) is 7. The third kappa shape index (κ3) is 4.77. The van der Waals surface area contributed by atoms with E-state index >= 15 is 0 Å². The Bertz CT molecular complexity index is 1160. The fraction of sp³-hybridized carbons (Fsp3) is 0.182. The summed E-state index contributed by atoms with van der Waals surface area (Å²) in [4.78, 5) is 17.1. The predicted molar refractivity (Wildman–Crippen MR) is 117 cm³/mol. The van der Waals surface area contributed by atoms with Crippen molar-refractivity contribution in [3.8, 4) is 17.2 Å². The number of nitrogens with zero attached hydrogens (tertiary/aromatic N) is 4. The molecule has 0 bridgehead atoms. The number of aromatic nitrogens is 4. The van der Waals surface area contributed by atoms with E-state index in [4.69, 9.17) is 9.15 Å². The summed E-state index contributed by atoms with van der Waals surface area (Å²) < 4.78 is 12.9. The maximum absolute atomic E-state index is 12.7. The van der Waals surface area contributed by atoms with Crippen LogP contribution in [-0.2, 0) is 11.8 Å². The van der Waals surface area contributed by atoms with Crippen molar-refractivity contribution in [2.75, 3.05) is 12.9 Å². The van der Waals surface area contributed by atoms with E-state index in [1.807, 2.05) is 72.4 Å². The zero-order valence-corrected chi connectivity index (χ0v) is 17.9. The summed E-state index contributed by atoms with van der Waals surface area (Å²) in [6.45, 7) is 0. The molecule has 1 atom stereocenters. The van der Waals surface area contributed by atoms with Gasteiger partial charge in [0.05, 0.1) is 18.4 Å². The van der Waals surface area contributed by atoms with Gasteiger partial charge in [-0.25, -0.2) is 4.98 Å². The molecule has 0 fully saturated rings. The summed E-state index contributed by atoms with van der Waals surface area (Å²) in [5.41, 5.74) is 1.65. The molecule has 0 saturated heterocycles. The van der Waals surface area contributed by atoms with Crippen LogP contribution < -0.4 is 10.1 Å². The smallest absolute Gasteiger partial charge is 0.277 e. The minimum Gasteiger partial charge on any atom is -0.496 e. The lowest BCUT2D eigenvalue weighted by Crippen LogP contribution is -2.32. The first kappa shape index (κ1) is 20.7. The summed E-state index contributed by atoms with van der Waals surface area (Å²) in [6.07, 6.45) is 3.56. The normalized spacial score (nSPS) is 11.8. The molecule has 4 rings (SSSR count). The first-order valence-corrected chi connectivity index (χ1v) is 10.6. The van der Waals surface area contributed by atoms with Crippen molar-refractivity contribution < 1.29 is 13.9 Å². The Balaban J connectivity index is 1.44. The second-order valence-electron chi connectivity index (χ2n) is 6.67. The summed E-state index contributed by atoms with van der Waals surface area (Å²) in [5, 5.41) is 11.5. The fourth-order valence-electron chi connectivity index (χ4n) is 3.13. The Kier molecular flexibility index (Phi) is 6.32. The van der Waals surface area contributed by atoms with Crippen molar-refractivity contribution in [2.24, 2.45) is 7.05 Å². The fourth-order valence-corrected chi connectivity index (χ4v) is 3.70. The van der Waals surface area contributed by atoms with E-state index in [0.717, 1.165) is 11.4 Å². The van der Waals surface area contributed by atoms with Gasteiger partial charge in [-0.2, -0.15) is 0 Å². The number of para-hydroxylation sites is 1. The monoisotopic (exact) mass is 435 g/mol. The van der Waals surface area contributed by atoms with Crippen LogP contribution in [0.3, 0.4) is 0 Å². The van der Waals surface area contributed by atoms with Crippen molar-refractivity contribution in [2.45, 2.75) is 11.3 Å². The summed E-state index contributed by atoms with van der Waals surface area (Å²) in [7, 11) is 3.48. The Hall–Kier alpha value is -3.59. The number of carbonyl (C=O) groups excluding carboxylic acids is 1. The molecule has 0 saturated carbocycles. The number of thioether (sulfide) groups is 1. The van der Waals surface area contributed by atoms with E-state index < -0.39 is 0 Å². The van der Waals surface area contributed by atoms with Crippen LogP contribution in [-0.4, -0.2) is 38.5 Å². The number of carbonyl (C=O) groups is 1. The molecule has 31 heavy (non-hydrogen) atoms. The number of amides is 1. The molecule has 0 unspecified atom stereocenters. The molecule has 158 valence electrons. The van der Waals surface area contributed by atoms with Crippen LogP contribution in [0.15, 0.2) is 76.6 Å². The number of benzene rings is 2. The summed E-state index contributed by atoms with van der Waals surface area (Å²) >= 11 is 1.18. The van der Waals surface area contributed by atoms with E-state index in [9.17, 15) is 4.79 Å². The van der Waals surface area contributed by atoms with Crippen molar-refractivity contribution in [3.63, 3.8) is 0 Å². The van der Waals surface area contributed by atoms with Crippen LogP contribution in [0, 0.1) is 0 Å². The molecule has 4 aromatic rings. The van der Waals surface area contributed by atoms with Gasteiger partial charge in [0.2, 0.25) is 5.91 Å². The second-order valence-corrected chi connectivity index (χ2v) is 7.60. The molecule has 0 aliphatic carbocycles. The number of rotatable bonds is 8. The average molecular weight is 436 g/mol. The van der Waals surface area contributed by atoms with Crippen LogP contribution in [0.2, 0.25) is 0 Å². The molecular formula is C22H21N5O3S. The number of imidazole rings is 1. The number of hydrogen-bond donors (Lipinski definition) is 1. The minimum atomic E-state index is -0.360. The zero-order chi connectivity index (χ0) is 21.6. The molecule has 0 spiro atoms. The van der Waals surface area contributed by atoms with Crippen molar-refractivity contribution in [3.05, 3.63) is 78.4 Å². The quantitative estimate of drug-likeness (QED) is 0.423. The molecule has 2 heterocycles. The molecule has 1 N–H and O–H groups in total. The Morgan fingerprint density at radius 1 is 1.16 bits per heavy atom. The van der Waals surface area contributed by atoms with Gasteiger partial charge in [-0.05, 0) is 17.7 Å². The highest BCUT2D eigenvalue weighted by Crippen LogP contribution is 2.30. The first-order chi connectivity index (χ1) is 15.2. The topological polar surface area (TPSA) is 95.1 Å². The van der Waals surface area contributed by atoms with Gasteiger partial charge in [-0.1, -0.05) is 54.2 Å². The second kappa shape index (κ2) is 9.48. The third-order valence-corrected chi connectivity index (χ3v) is 5.44. The van der Waals surface area contributed by atoms with Gasteiger partial charge in [0.25, 0.3) is 11.1 Å². The summed E-state index contributed by atoms with van der Waals surface area (Å²) in [6, 6.07) is 16.8. The van der Waals surface area contributed by atoms with E-state index in [1.54, 1.807) is 13.3 Å². The Morgan fingerprint density at radius 3 is 2.68 bits per heavy atom. The van der Waals surface area contributed by atoms with Gasteiger partial charge in [0.15, 0.2) is 0 Å². The van der Waals surface area contributed by atoms with E-state index in [1.165, 1.54) is 11.8 Å². The molecule has 0 aliphatic rings. The lowest BCUT2D eigenvalue weighted by Gasteiger charge is -2.19. The number of nitrogens with one attached hydrogen (secondary N) is 1. The van der Waals surface area contributed by atoms with Gasteiger partial charge in [-0.15, -0.1) is 10.2 Å². The van der Waals surface area contributed by atoms with Crippen LogP contribution in [0.25, 0.3) is 11.5 Å². The summed E-state index contributed by atoms with van der Waals surface area (Å²) in [5.74, 6) is 1.69. The van der Waals surface area contributed by atoms with Crippen molar-refractivity contribution in [1.82, 2.24) is 25.1 Å². The first-order valence-electron chi connectivity index (χ1n) is 9.57. The molecule has 9 heteroatoms. The third-order valence-electron chi connectivity index (χ3n) is 4.63. The maximum atomic E-state index is 12.7. The van der Waals surface area contributed by atoms with Gasteiger partial charge in [-0.3, -0.25) is 4.79 Å². The zero-order valence-electron chi connectivity index (χ0n) is 17.1. The van der Waals surface area contributed by atoms with Gasteiger partial charge in [0.1, 0.15) is 17.6 Å². The highest BCUT2D eigenvalue weighted by atomic mass is 32.2. The lowest BCUT2D eigenvalue weighted by molar-refractivity contribution is -0.119. The largest absolute Gasteiger partial charge is 0.496 e. The minimum absolute atomic E-state index is 0.126. The molecule has 0 radical (unpaired) electrons. The van der Waals surface area contributed by atoms with E-state index in [-0.39, 0.29) is 17.7 Å². The molecule has 2 aromatic heterocycles. The van der Waals surface area contributed by atoms with Crippen LogP contribution >= 0.6 is 11.8 Å². The number of methoxy groups -OCH3 is 1. The van der Waals surface area contributed by atoms with E-state index in [0.29, 0.717) is 22.4 Å².